The average Bonchev–Trinajstić information content (AvgIpc) is 2.65. The highest BCUT2D eigenvalue weighted by atomic mass is 32.2. The minimum absolute atomic E-state index is 0.0260. The molecule has 1 heterocycles. The van der Waals surface area contributed by atoms with Gasteiger partial charge in [0.25, 0.3) is 0 Å². The standard InChI is InChI=1S/C19H23N3O4S/c1-12-16(13(2)21-19(20-12)27-4)9-10-17(23)22(3)14-5-7-15(8-6-14)26-11-18(24)25/h5-8H,9-11H2,1-4H3,(H,24,25). The number of carboxylic acid groups (broad SMARTS) is 1. The molecule has 0 spiro atoms. The van der Waals surface area contributed by atoms with Gasteiger partial charge in [-0.05, 0) is 56.4 Å². The molecule has 1 aromatic carbocycles. The highest BCUT2D eigenvalue weighted by Crippen LogP contribution is 2.21. The molecule has 0 bridgehead atoms. The zero-order valence-corrected chi connectivity index (χ0v) is 16.7. The lowest BCUT2D eigenvalue weighted by Gasteiger charge is -2.18. The van der Waals surface area contributed by atoms with Crippen LogP contribution < -0.4 is 9.64 Å². The van der Waals surface area contributed by atoms with Crippen molar-refractivity contribution in [2.24, 2.45) is 0 Å². The summed E-state index contributed by atoms with van der Waals surface area (Å²) >= 11 is 1.50. The Balaban J connectivity index is 1.99. The second-order valence-corrected chi connectivity index (χ2v) is 6.76. The molecule has 0 fully saturated rings. The number of aryl methyl sites for hydroxylation is 2. The molecule has 0 aliphatic heterocycles. The number of benzene rings is 1. The van der Waals surface area contributed by atoms with Gasteiger partial charge in [0.1, 0.15) is 5.75 Å². The van der Waals surface area contributed by atoms with E-state index in [-0.39, 0.29) is 5.91 Å². The number of aromatic nitrogens is 2. The molecule has 0 unspecified atom stereocenters. The molecule has 0 aliphatic rings. The highest BCUT2D eigenvalue weighted by Gasteiger charge is 2.14. The first-order chi connectivity index (χ1) is 12.8. The first kappa shape index (κ1) is 20.7. The monoisotopic (exact) mass is 389 g/mol. The van der Waals surface area contributed by atoms with Crippen molar-refractivity contribution in [3.8, 4) is 5.75 Å². The minimum atomic E-state index is -1.04. The number of carbonyl (C=O) groups is 2. The summed E-state index contributed by atoms with van der Waals surface area (Å²) < 4.78 is 5.09. The number of nitrogens with zero attached hydrogens (tertiary/aromatic N) is 3. The second-order valence-electron chi connectivity index (χ2n) is 5.99. The molecule has 0 saturated heterocycles. The third-order valence-corrected chi connectivity index (χ3v) is 4.68. The Kier molecular flexibility index (Phi) is 7.18. The van der Waals surface area contributed by atoms with Crippen LogP contribution in [0.1, 0.15) is 23.4 Å². The number of amides is 1. The number of hydrogen-bond acceptors (Lipinski definition) is 6. The van der Waals surface area contributed by atoms with Crippen LogP contribution >= 0.6 is 11.8 Å². The molecule has 8 heteroatoms. The first-order valence-corrected chi connectivity index (χ1v) is 9.63. The van der Waals surface area contributed by atoms with Gasteiger partial charge < -0.3 is 14.7 Å². The van der Waals surface area contributed by atoms with Crippen molar-refractivity contribution in [3.63, 3.8) is 0 Å². The van der Waals surface area contributed by atoms with E-state index in [1.807, 2.05) is 20.1 Å². The summed E-state index contributed by atoms with van der Waals surface area (Å²) in [6.45, 7) is 3.48. The van der Waals surface area contributed by atoms with Crippen molar-refractivity contribution < 1.29 is 19.4 Å². The fourth-order valence-corrected chi connectivity index (χ4v) is 3.07. The molecule has 1 aromatic heterocycles. The Bertz CT molecular complexity index is 801. The molecule has 0 aliphatic carbocycles. The van der Waals surface area contributed by atoms with Gasteiger partial charge in [-0.25, -0.2) is 14.8 Å². The van der Waals surface area contributed by atoms with E-state index in [1.54, 1.807) is 36.2 Å². The van der Waals surface area contributed by atoms with Crippen molar-refractivity contribution >= 4 is 29.3 Å². The lowest BCUT2D eigenvalue weighted by molar-refractivity contribution is -0.139. The van der Waals surface area contributed by atoms with Crippen molar-refractivity contribution in [2.75, 3.05) is 24.8 Å². The van der Waals surface area contributed by atoms with Crippen LogP contribution in [0.3, 0.4) is 0 Å². The van der Waals surface area contributed by atoms with Crippen molar-refractivity contribution in [3.05, 3.63) is 41.2 Å². The zero-order valence-electron chi connectivity index (χ0n) is 15.9. The van der Waals surface area contributed by atoms with Crippen LogP contribution in [0, 0.1) is 13.8 Å². The molecule has 0 radical (unpaired) electrons. The van der Waals surface area contributed by atoms with Crippen LogP contribution in [0.25, 0.3) is 0 Å². The molecule has 2 aromatic rings. The number of carbonyl (C=O) groups excluding carboxylic acids is 1. The van der Waals surface area contributed by atoms with E-state index in [1.165, 1.54) is 11.8 Å². The number of rotatable bonds is 8. The summed E-state index contributed by atoms with van der Waals surface area (Å²) in [5, 5.41) is 9.36. The Labute approximate surface area is 162 Å². The second kappa shape index (κ2) is 9.36. The van der Waals surface area contributed by atoms with Gasteiger partial charge in [0.05, 0.1) is 0 Å². The maximum Gasteiger partial charge on any atom is 0.341 e. The Hall–Kier alpha value is -2.61. The Morgan fingerprint density at radius 1 is 1.15 bits per heavy atom. The van der Waals surface area contributed by atoms with Crippen LogP contribution in [0.15, 0.2) is 29.4 Å². The normalized spacial score (nSPS) is 10.5. The van der Waals surface area contributed by atoms with E-state index in [0.29, 0.717) is 24.3 Å². The van der Waals surface area contributed by atoms with E-state index < -0.39 is 12.6 Å². The molecule has 7 nitrogen and oxygen atoms in total. The van der Waals surface area contributed by atoms with E-state index in [9.17, 15) is 9.59 Å². The third kappa shape index (κ3) is 5.68. The topological polar surface area (TPSA) is 92.6 Å². The predicted molar refractivity (Wildman–Crippen MR) is 105 cm³/mol. The molecule has 144 valence electrons. The first-order valence-electron chi connectivity index (χ1n) is 8.41. The number of carboxylic acids is 1. The molecule has 0 atom stereocenters. The van der Waals surface area contributed by atoms with E-state index >= 15 is 0 Å². The lowest BCUT2D eigenvalue weighted by atomic mass is 10.1. The summed E-state index contributed by atoms with van der Waals surface area (Å²) in [6.07, 6.45) is 2.86. The van der Waals surface area contributed by atoms with Crippen molar-refractivity contribution in [1.82, 2.24) is 9.97 Å². The predicted octanol–water partition coefficient (Wildman–Crippen LogP) is 2.87. The van der Waals surface area contributed by atoms with Gasteiger partial charge in [0.2, 0.25) is 5.91 Å². The summed E-state index contributed by atoms with van der Waals surface area (Å²) in [7, 11) is 1.71. The van der Waals surface area contributed by atoms with Crippen LogP contribution in [0.4, 0.5) is 5.69 Å². The Morgan fingerprint density at radius 3 is 2.26 bits per heavy atom. The molecular weight excluding hydrogens is 366 g/mol. The largest absolute Gasteiger partial charge is 0.482 e. The van der Waals surface area contributed by atoms with Gasteiger partial charge in [-0.15, -0.1) is 0 Å². The molecule has 1 amide bonds. The SMILES string of the molecule is CSc1nc(C)c(CCC(=O)N(C)c2ccc(OCC(=O)O)cc2)c(C)n1. The Morgan fingerprint density at radius 2 is 1.74 bits per heavy atom. The number of anilines is 1. The van der Waals surface area contributed by atoms with Gasteiger partial charge in [0, 0.05) is 30.5 Å². The summed E-state index contributed by atoms with van der Waals surface area (Å²) in [4.78, 5) is 33.5. The van der Waals surface area contributed by atoms with Crippen LogP contribution in [0.2, 0.25) is 0 Å². The van der Waals surface area contributed by atoms with Crippen LogP contribution in [-0.2, 0) is 16.0 Å². The summed E-state index contributed by atoms with van der Waals surface area (Å²) in [5.74, 6) is -0.618. The van der Waals surface area contributed by atoms with Crippen molar-refractivity contribution in [2.45, 2.75) is 31.8 Å². The maximum atomic E-state index is 12.5. The highest BCUT2D eigenvalue weighted by molar-refractivity contribution is 7.98. The maximum absolute atomic E-state index is 12.5. The van der Waals surface area contributed by atoms with Gasteiger partial charge in [-0.1, -0.05) is 11.8 Å². The zero-order chi connectivity index (χ0) is 20.0. The van der Waals surface area contributed by atoms with Gasteiger partial charge in [-0.2, -0.15) is 0 Å². The fraction of sp³-hybridized carbons (Fsp3) is 0.368. The van der Waals surface area contributed by atoms with Gasteiger partial charge >= 0.3 is 5.97 Å². The number of ether oxygens (including phenoxy) is 1. The van der Waals surface area contributed by atoms with Gasteiger partial charge in [-0.3, -0.25) is 4.79 Å². The molecular formula is C19H23N3O4S. The smallest absolute Gasteiger partial charge is 0.341 e. The van der Waals surface area contributed by atoms with Gasteiger partial charge in [0.15, 0.2) is 11.8 Å². The quantitative estimate of drug-likeness (QED) is 0.548. The molecule has 27 heavy (non-hydrogen) atoms. The number of aliphatic carboxylic acids is 1. The van der Waals surface area contributed by atoms with E-state index in [4.69, 9.17) is 9.84 Å². The van der Waals surface area contributed by atoms with E-state index in [0.717, 1.165) is 22.1 Å². The number of thioether (sulfide) groups is 1. The molecule has 0 saturated carbocycles. The average molecular weight is 389 g/mol. The molecule has 1 N–H and O–H groups in total. The summed E-state index contributed by atoms with van der Waals surface area (Å²) in [5.41, 5.74) is 3.53. The number of hydrogen-bond donors (Lipinski definition) is 1. The molecule has 2 rings (SSSR count). The third-order valence-electron chi connectivity index (χ3n) is 4.13. The summed E-state index contributed by atoms with van der Waals surface area (Å²) in [6, 6.07) is 6.74. The lowest BCUT2D eigenvalue weighted by Crippen LogP contribution is -2.26. The minimum Gasteiger partial charge on any atom is -0.482 e. The van der Waals surface area contributed by atoms with Crippen LogP contribution in [0.5, 0.6) is 5.75 Å². The van der Waals surface area contributed by atoms with Crippen LogP contribution in [-0.4, -0.2) is 46.9 Å². The fourth-order valence-electron chi connectivity index (χ4n) is 2.62. The van der Waals surface area contributed by atoms with E-state index in [2.05, 4.69) is 9.97 Å². The van der Waals surface area contributed by atoms with Crippen molar-refractivity contribution in [1.29, 1.82) is 0 Å².